The van der Waals surface area contributed by atoms with Crippen molar-refractivity contribution in [3.05, 3.63) is 29.1 Å². The minimum absolute atomic E-state index is 0.274. The summed E-state index contributed by atoms with van der Waals surface area (Å²) < 4.78 is 63.3. The molecule has 1 aliphatic heterocycles. The van der Waals surface area contributed by atoms with Crippen LogP contribution < -0.4 is 0 Å². The molecule has 0 bridgehead atoms. The standard InChI is InChI=1S/C16H22F4N2O2/c1-10(22-6-4-12(17)5-7-22)11-8-13(16(18,19)20)14(21-9-11)15(23-2)24-3/h8-10,12,15H,4-7H2,1-3H3. The summed E-state index contributed by atoms with van der Waals surface area (Å²) in [6.07, 6.45) is -4.38. The highest BCUT2D eigenvalue weighted by molar-refractivity contribution is 5.30. The second-order valence-corrected chi connectivity index (χ2v) is 5.89. The Morgan fingerprint density at radius 3 is 2.29 bits per heavy atom. The largest absolute Gasteiger partial charge is 0.418 e. The van der Waals surface area contributed by atoms with E-state index in [0.29, 0.717) is 31.5 Å². The molecule has 1 aromatic heterocycles. The monoisotopic (exact) mass is 350 g/mol. The van der Waals surface area contributed by atoms with E-state index in [1.165, 1.54) is 20.4 Å². The van der Waals surface area contributed by atoms with Crippen molar-refractivity contribution < 1.29 is 27.0 Å². The van der Waals surface area contributed by atoms with E-state index in [9.17, 15) is 17.6 Å². The number of halogens is 4. The minimum atomic E-state index is -4.57. The van der Waals surface area contributed by atoms with Gasteiger partial charge in [-0.1, -0.05) is 0 Å². The van der Waals surface area contributed by atoms with Gasteiger partial charge in [-0.15, -0.1) is 0 Å². The Morgan fingerprint density at radius 1 is 1.21 bits per heavy atom. The van der Waals surface area contributed by atoms with Crippen molar-refractivity contribution in [3.8, 4) is 0 Å². The fourth-order valence-corrected chi connectivity index (χ4v) is 2.92. The van der Waals surface area contributed by atoms with Crippen LogP contribution in [-0.2, 0) is 15.7 Å². The van der Waals surface area contributed by atoms with Gasteiger partial charge in [-0.2, -0.15) is 13.2 Å². The van der Waals surface area contributed by atoms with Gasteiger partial charge in [-0.05, 0) is 31.4 Å². The Bertz CT molecular complexity index is 541. The lowest BCUT2D eigenvalue weighted by atomic mass is 10.0. The molecule has 0 radical (unpaired) electrons. The van der Waals surface area contributed by atoms with Gasteiger partial charge >= 0.3 is 6.18 Å². The molecule has 1 unspecified atom stereocenters. The van der Waals surface area contributed by atoms with Crippen LogP contribution in [0, 0.1) is 0 Å². The zero-order valence-electron chi connectivity index (χ0n) is 13.9. The highest BCUT2D eigenvalue weighted by Gasteiger charge is 2.37. The van der Waals surface area contributed by atoms with Crippen LogP contribution in [0.4, 0.5) is 17.6 Å². The van der Waals surface area contributed by atoms with Gasteiger partial charge in [0.2, 0.25) is 6.29 Å². The molecule has 4 nitrogen and oxygen atoms in total. The lowest BCUT2D eigenvalue weighted by Gasteiger charge is -2.34. The summed E-state index contributed by atoms with van der Waals surface area (Å²) in [6.45, 7) is 2.84. The lowest BCUT2D eigenvalue weighted by Crippen LogP contribution is -2.36. The van der Waals surface area contributed by atoms with Crippen LogP contribution >= 0.6 is 0 Å². The van der Waals surface area contributed by atoms with Gasteiger partial charge in [-0.25, -0.2) is 4.39 Å². The molecular formula is C16H22F4N2O2. The van der Waals surface area contributed by atoms with Crippen LogP contribution in [-0.4, -0.2) is 43.4 Å². The summed E-state index contributed by atoms with van der Waals surface area (Å²) >= 11 is 0. The number of hydrogen-bond donors (Lipinski definition) is 0. The van der Waals surface area contributed by atoms with Crippen molar-refractivity contribution in [1.82, 2.24) is 9.88 Å². The number of hydrogen-bond acceptors (Lipinski definition) is 4. The summed E-state index contributed by atoms with van der Waals surface area (Å²) in [7, 11) is 2.52. The molecule has 2 rings (SSSR count). The Labute approximate surface area is 138 Å². The average Bonchev–Trinajstić information content (AvgIpc) is 2.55. The number of nitrogens with zero attached hydrogens (tertiary/aromatic N) is 2. The van der Waals surface area contributed by atoms with Gasteiger partial charge in [0.1, 0.15) is 11.9 Å². The summed E-state index contributed by atoms with van der Waals surface area (Å²) in [6, 6.07) is 0.809. The number of methoxy groups -OCH3 is 2. The number of aromatic nitrogens is 1. The molecule has 0 spiro atoms. The molecule has 1 saturated heterocycles. The predicted molar refractivity (Wildman–Crippen MR) is 80.1 cm³/mol. The molecule has 1 fully saturated rings. The van der Waals surface area contributed by atoms with Gasteiger partial charge in [-0.3, -0.25) is 9.88 Å². The molecule has 1 atom stereocenters. The highest BCUT2D eigenvalue weighted by Crippen LogP contribution is 2.37. The third-order valence-electron chi connectivity index (χ3n) is 4.39. The zero-order chi connectivity index (χ0) is 17.9. The topological polar surface area (TPSA) is 34.6 Å². The first-order chi connectivity index (χ1) is 11.3. The van der Waals surface area contributed by atoms with Crippen molar-refractivity contribution in [2.75, 3.05) is 27.3 Å². The van der Waals surface area contributed by atoms with E-state index in [0.717, 1.165) is 6.07 Å². The van der Waals surface area contributed by atoms with Crippen LogP contribution in [0.25, 0.3) is 0 Å². The van der Waals surface area contributed by atoms with Crippen LogP contribution in [0.5, 0.6) is 0 Å². The first kappa shape index (κ1) is 19.1. The predicted octanol–water partition coefficient (Wildman–Crippen LogP) is 3.89. The average molecular weight is 350 g/mol. The Morgan fingerprint density at radius 2 is 1.79 bits per heavy atom. The molecule has 1 aromatic rings. The summed E-state index contributed by atoms with van der Waals surface area (Å²) in [5.74, 6) is 0. The molecule has 2 heterocycles. The fraction of sp³-hybridized carbons (Fsp3) is 0.688. The van der Waals surface area contributed by atoms with Crippen molar-refractivity contribution in [2.45, 2.75) is 44.4 Å². The maximum Gasteiger partial charge on any atom is 0.418 e. The van der Waals surface area contributed by atoms with Gasteiger partial charge in [0.05, 0.1) is 5.56 Å². The van der Waals surface area contributed by atoms with E-state index < -0.39 is 24.2 Å². The quantitative estimate of drug-likeness (QED) is 0.596. The zero-order valence-corrected chi connectivity index (χ0v) is 13.9. The number of alkyl halides is 4. The molecule has 0 N–H and O–H groups in total. The summed E-state index contributed by atoms with van der Waals surface area (Å²) in [5.41, 5.74) is -0.735. The molecule has 24 heavy (non-hydrogen) atoms. The Hall–Kier alpha value is -1.25. The fourth-order valence-electron chi connectivity index (χ4n) is 2.92. The number of ether oxygens (including phenoxy) is 2. The molecule has 0 saturated carbocycles. The van der Waals surface area contributed by atoms with E-state index in [-0.39, 0.29) is 11.7 Å². The van der Waals surface area contributed by atoms with E-state index in [1.54, 1.807) is 6.92 Å². The second kappa shape index (κ2) is 7.76. The number of piperidine rings is 1. The lowest BCUT2D eigenvalue weighted by molar-refractivity contribution is -0.149. The minimum Gasteiger partial charge on any atom is -0.350 e. The van der Waals surface area contributed by atoms with Crippen LogP contribution in [0.3, 0.4) is 0 Å². The van der Waals surface area contributed by atoms with E-state index in [2.05, 4.69) is 4.98 Å². The van der Waals surface area contributed by atoms with Crippen molar-refractivity contribution in [1.29, 1.82) is 0 Å². The smallest absolute Gasteiger partial charge is 0.350 e. The molecular weight excluding hydrogens is 328 g/mol. The molecule has 0 aromatic carbocycles. The summed E-state index contributed by atoms with van der Waals surface area (Å²) in [5, 5.41) is 0. The Balaban J connectivity index is 2.32. The Kier molecular flexibility index (Phi) is 6.17. The molecule has 0 amide bonds. The molecule has 1 aliphatic rings. The van der Waals surface area contributed by atoms with Crippen LogP contribution in [0.1, 0.15) is 48.9 Å². The number of rotatable bonds is 5. The SMILES string of the molecule is COC(OC)c1ncc(C(C)N2CCC(F)CC2)cc1C(F)(F)F. The maximum atomic E-state index is 13.4. The first-order valence-corrected chi connectivity index (χ1v) is 7.78. The van der Waals surface area contributed by atoms with Gasteiger partial charge < -0.3 is 9.47 Å². The van der Waals surface area contributed by atoms with Crippen molar-refractivity contribution in [3.63, 3.8) is 0 Å². The van der Waals surface area contributed by atoms with Crippen molar-refractivity contribution >= 4 is 0 Å². The molecule has 0 aliphatic carbocycles. The van der Waals surface area contributed by atoms with E-state index in [1.807, 2.05) is 4.90 Å². The van der Waals surface area contributed by atoms with Crippen LogP contribution in [0.2, 0.25) is 0 Å². The molecule has 8 heteroatoms. The maximum absolute atomic E-state index is 13.4. The van der Waals surface area contributed by atoms with Crippen LogP contribution in [0.15, 0.2) is 12.3 Å². The van der Waals surface area contributed by atoms with Gasteiger partial charge in [0, 0.05) is 39.5 Å². The summed E-state index contributed by atoms with van der Waals surface area (Å²) in [4.78, 5) is 5.92. The van der Waals surface area contributed by atoms with Crippen molar-refractivity contribution in [2.24, 2.45) is 0 Å². The van der Waals surface area contributed by atoms with E-state index >= 15 is 0 Å². The highest BCUT2D eigenvalue weighted by atomic mass is 19.4. The second-order valence-electron chi connectivity index (χ2n) is 5.89. The third-order valence-corrected chi connectivity index (χ3v) is 4.39. The molecule has 136 valence electrons. The normalized spacial score (nSPS) is 19.0. The van der Waals surface area contributed by atoms with Gasteiger partial charge in [0.25, 0.3) is 0 Å². The number of pyridine rings is 1. The van der Waals surface area contributed by atoms with E-state index in [4.69, 9.17) is 9.47 Å². The number of likely N-dealkylation sites (tertiary alicyclic amines) is 1. The first-order valence-electron chi connectivity index (χ1n) is 7.78. The third kappa shape index (κ3) is 4.23. The van der Waals surface area contributed by atoms with Gasteiger partial charge in [0.15, 0.2) is 0 Å².